The Bertz CT molecular complexity index is 622. The van der Waals surface area contributed by atoms with E-state index in [1.165, 1.54) is 11.1 Å². The van der Waals surface area contributed by atoms with Crippen molar-refractivity contribution < 1.29 is 9.53 Å². The third kappa shape index (κ3) is 9.23. The molecule has 1 aromatic rings. The van der Waals surface area contributed by atoms with Crippen LogP contribution in [0.15, 0.2) is 29.3 Å². The molecule has 28 heavy (non-hydrogen) atoms. The molecule has 0 saturated carbocycles. The predicted molar refractivity (Wildman–Crippen MR) is 125 cm³/mol. The Kier molecular flexibility index (Phi) is 12.1. The highest BCUT2D eigenvalue weighted by Gasteiger charge is 2.18. The highest BCUT2D eigenvalue weighted by atomic mass is 127. The Balaban J connectivity index is 0.00000392. The standard InChI is InChI=1S/C21H34N4O2.HI/c1-4-22-21(23-11-7-13-25-12-6-10-20(25)26)24-15-18-8-5-9-19(14-18)16-27-17(2)3;/h5,8-9,14,17H,4,6-7,10-13,15-16H2,1-3H3,(H2,22,23,24);1H. The van der Waals surface area contributed by atoms with Crippen LogP contribution < -0.4 is 10.6 Å². The molecule has 1 aliphatic rings. The van der Waals surface area contributed by atoms with Gasteiger partial charge in [-0.25, -0.2) is 4.99 Å². The SMILES string of the molecule is CCNC(=NCc1cccc(COC(C)C)c1)NCCCN1CCCC1=O.I. The van der Waals surface area contributed by atoms with Gasteiger partial charge in [-0.05, 0) is 44.7 Å². The van der Waals surface area contributed by atoms with E-state index in [-0.39, 0.29) is 36.0 Å². The smallest absolute Gasteiger partial charge is 0.222 e. The first-order valence-electron chi connectivity index (χ1n) is 10.1. The summed E-state index contributed by atoms with van der Waals surface area (Å²) < 4.78 is 5.67. The fourth-order valence-corrected chi connectivity index (χ4v) is 3.01. The zero-order valence-electron chi connectivity index (χ0n) is 17.4. The van der Waals surface area contributed by atoms with Crippen LogP contribution in [0.5, 0.6) is 0 Å². The minimum absolute atomic E-state index is 0. The first-order chi connectivity index (χ1) is 13.1. The number of ether oxygens (including phenoxy) is 1. The number of nitrogens with one attached hydrogen (secondary N) is 2. The van der Waals surface area contributed by atoms with Crippen LogP contribution in [0.1, 0.15) is 51.2 Å². The summed E-state index contributed by atoms with van der Waals surface area (Å²) in [4.78, 5) is 18.3. The maximum atomic E-state index is 11.6. The van der Waals surface area contributed by atoms with Crippen molar-refractivity contribution in [2.24, 2.45) is 4.99 Å². The van der Waals surface area contributed by atoms with Crippen molar-refractivity contribution in [3.05, 3.63) is 35.4 Å². The van der Waals surface area contributed by atoms with Gasteiger partial charge < -0.3 is 20.3 Å². The lowest BCUT2D eigenvalue weighted by atomic mass is 10.1. The molecule has 1 aromatic carbocycles. The summed E-state index contributed by atoms with van der Waals surface area (Å²) in [5.41, 5.74) is 2.34. The number of aliphatic imine (C=N–C) groups is 1. The van der Waals surface area contributed by atoms with Crippen LogP contribution in [0, 0.1) is 0 Å². The Hall–Kier alpha value is -1.35. The van der Waals surface area contributed by atoms with E-state index in [1.54, 1.807) is 0 Å². The summed E-state index contributed by atoms with van der Waals surface area (Å²) in [5.74, 6) is 1.10. The summed E-state index contributed by atoms with van der Waals surface area (Å²) in [6.07, 6.45) is 2.86. The van der Waals surface area contributed by atoms with Gasteiger partial charge in [-0.1, -0.05) is 24.3 Å². The van der Waals surface area contributed by atoms with Crippen LogP contribution in [0.3, 0.4) is 0 Å². The van der Waals surface area contributed by atoms with Crippen molar-refractivity contribution in [3.8, 4) is 0 Å². The maximum absolute atomic E-state index is 11.6. The van der Waals surface area contributed by atoms with E-state index in [1.807, 2.05) is 18.7 Å². The van der Waals surface area contributed by atoms with Gasteiger partial charge in [0.05, 0.1) is 19.3 Å². The number of nitrogens with zero attached hydrogens (tertiary/aromatic N) is 2. The Morgan fingerprint density at radius 1 is 1.29 bits per heavy atom. The van der Waals surface area contributed by atoms with Crippen LogP contribution in [0.4, 0.5) is 0 Å². The number of carbonyl (C=O) groups is 1. The van der Waals surface area contributed by atoms with E-state index in [0.29, 0.717) is 19.6 Å². The Labute approximate surface area is 186 Å². The molecule has 0 radical (unpaired) electrons. The van der Waals surface area contributed by atoms with Crippen LogP contribution in [-0.2, 0) is 22.7 Å². The number of benzene rings is 1. The average Bonchev–Trinajstić information content (AvgIpc) is 3.06. The third-order valence-electron chi connectivity index (χ3n) is 4.41. The van der Waals surface area contributed by atoms with Gasteiger partial charge in [0.25, 0.3) is 0 Å². The average molecular weight is 502 g/mol. The summed E-state index contributed by atoms with van der Waals surface area (Å²) in [6.45, 7) is 10.7. The van der Waals surface area contributed by atoms with Gasteiger partial charge in [-0.3, -0.25) is 4.79 Å². The van der Waals surface area contributed by atoms with E-state index in [9.17, 15) is 4.79 Å². The van der Waals surface area contributed by atoms with Gasteiger partial charge in [-0.2, -0.15) is 0 Å². The van der Waals surface area contributed by atoms with Gasteiger partial charge in [0, 0.05) is 32.6 Å². The third-order valence-corrected chi connectivity index (χ3v) is 4.41. The number of halogens is 1. The van der Waals surface area contributed by atoms with E-state index < -0.39 is 0 Å². The molecule has 7 heteroatoms. The number of guanidine groups is 1. The molecule has 0 aromatic heterocycles. The van der Waals surface area contributed by atoms with E-state index in [4.69, 9.17) is 4.74 Å². The van der Waals surface area contributed by atoms with E-state index in [0.717, 1.165) is 45.0 Å². The zero-order valence-corrected chi connectivity index (χ0v) is 19.7. The zero-order chi connectivity index (χ0) is 19.5. The van der Waals surface area contributed by atoms with E-state index >= 15 is 0 Å². The molecular formula is C21H35IN4O2. The van der Waals surface area contributed by atoms with Gasteiger partial charge in [-0.15, -0.1) is 24.0 Å². The lowest BCUT2D eigenvalue weighted by Crippen LogP contribution is -2.39. The molecule has 1 amide bonds. The maximum Gasteiger partial charge on any atom is 0.222 e. The summed E-state index contributed by atoms with van der Waals surface area (Å²) in [6, 6.07) is 8.37. The van der Waals surface area contributed by atoms with Crippen molar-refractivity contribution in [1.82, 2.24) is 15.5 Å². The molecule has 1 fully saturated rings. The quantitative estimate of drug-likeness (QED) is 0.223. The monoisotopic (exact) mass is 502 g/mol. The molecule has 2 rings (SSSR count). The molecule has 1 aliphatic heterocycles. The molecule has 0 spiro atoms. The lowest BCUT2D eigenvalue weighted by molar-refractivity contribution is -0.127. The van der Waals surface area contributed by atoms with Gasteiger partial charge in [0.15, 0.2) is 5.96 Å². The van der Waals surface area contributed by atoms with Gasteiger partial charge >= 0.3 is 0 Å². The molecular weight excluding hydrogens is 467 g/mol. The molecule has 1 heterocycles. The van der Waals surface area contributed by atoms with Crippen molar-refractivity contribution in [2.75, 3.05) is 26.2 Å². The molecule has 158 valence electrons. The van der Waals surface area contributed by atoms with Gasteiger partial charge in [0.2, 0.25) is 5.91 Å². The number of hydrogen-bond acceptors (Lipinski definition) is 3. The first-order valence-corrected chi connectivity index (χ1v) is 10.1. The normalized spacial score (nSPS) is 14.4. The molecule has 0 bridgehead atoms. The van der Waals surface area contributed by atoms with Crippen LogP contribution in [0.2, 0.25) is 0 Å². The lowest BCUT2D eigenvalue weighted by Gasteiger charge is -2.16. The molecule has 0 unspecified atom stereocenters. The number of rotatable bonds is 10. The summed E-state index contributed by atoms with van der Waals surface area (Å²) in [5, 5.41) is 6.64. The number of amides is 1. The fraction of sp³-hybridized carbons (Fsp3) is 0.619. The molecule has 1 saturated heterocycles. The second-order valence-electron chi connectivity index (χ2n) is 7.14. The Morgan fingerprint density at radius 3 is 2.75 bits per heavy atom. The van der Waals surface area contributed by atoms with Crippen molar-refractivity contribution in [3.63, 3.8) is 0 Å². The molecule has 0 atom stereocenters. The number of likely N-dealkylation sites (tertiary alicyclic amines) is 1. The number of carbonyl (C=O) groups excluding carboxylic acids is 1. The molecule has 6 nitrogen and oxygen atoms in total. The molecule has 2 N–H and O–H groups in total. The molecule has 0 aliphatic carbocycles. The van der Waals surface area contributed by atoms with Crippen molar-refractivity contribution >= 4 is 35.8 Å². The minimum Gasteiger partial charge on any atom is -0.374 e. The number of hydrogen-bond donors (Lipinski definition) is 2. The highest BCUT2D eigenvalue weighted by molar-refractivity contribution is 14.0. The topological polar surface area (TPSA) is 66.0 Å². The van der Waals surface area contributed by atoms with E-state index in [2.05, 4.69) is 46.8 Å². The van der Waals surface area contributed by atoms with Crippen molar-refractivity contribution in [1.29, 1.82) is 0 Å². The largest absolute Gasteiger partial charge is 0.374 e. The summed E-state index contributed by atoms with van der Waals surface area (Å²) in [7, 11) is 0. The van der Waals surface area contributed by atoms with Crippen LogP contribution in [-0.4, -0.2) is 49.0 Å². The second kappa shape index (κ2) is 13.8. The predicted octanol–water partition coefficient (Wildman–Crippen LogP) is 3.30. The first kappa shape index (κ1) is 24.7. The van der Waals surface area contributed by atoms with Gasteiger partial charge in [0.1, 0.15) is 0 Å². The van der Waals surface area contributed by atoms with Crippen LogP contribution >= 0.6 is 24.0 Å². The Morgan fingerprint density at radius 2 is 2.07 bits per heavy atom. The highest BCUT2D eigenvalue weighted by Crippen LogP contribution is 2.10. The summed E-state index contributed by atoms with van der Waals surface area (Å²) >= 11 is 0. The second-order valence-corrected chi connectivity index (χ2v) is 7.14. The minimum atomic E-state index is 0. The van der Waals surface area contributed by atoms with Crippen molar-refractivity contribution in [2.45, 2.75) is 59.3 Å². The van der Waals surface area contributed by atoms with Crippen LogP contribution in [0.25, 0.3) is 0 Å². The fourth-order valence-electron chi connectivity index (χ4n) is 3.01.